The van der Waals surface area contributed by atoms with Crippen LogP contribution in [0.2, 0.25) is 5.02 Å². The second kappa shape index (κ2) is 7.63. The number of alkyl halides is 2. The third-order valence-corrected chi connectivity index (χ3v) is 3.97. The minimum absolute atomic E-state index is 0.0981. The van der Waals surface area contributed by atoms with Crippen LogP contribution >= 0.6 is 23.4 Å². The van der Waals surface area contributed by atoms with E-state index < -0.39 is 6.55 Å². The maximum Gasteiger partial charge on any atom is 0.319 e. The average molecular weight is 373 g/mol. The van der Waals surface area contributed by atoms with E-state index in [0.29, 0.717) is 10.8 Å². The van der Waals surface area contributed by atoms with Crippen molar-refractivity contribution in [3.8, 4) is 5.75 Å². The second-order valence-corrected chi connectivity index (χ2v) is 5.88. The Bertz CT molecular complexity index is 794. The van der Waals surface area contributed by atoms with Crippen molar-refractivity contribution in [2.45, 2.75) is 24.1 Å². The molecular weight excluding hydrogens is 362 g/mol. The van der Waals surface area contributed by atoms with Crippen LogP contribution in [-0.4, -0.2) is 19.7 Å². The SMILES string of the molecule is FC(F)n1ccnc1CSc1nnc(COc2ccc(Cl)cc2)o1. The summed E-state index contributed by atoms with van der Waals surface area (Å²) in [6.07, 6.45) is 2.54. The van der Waals surface area contributed by atoms with E-state index >= 15 is 0 Å². The largest absolute Gasteiger partial charge is 0.484 e. The van der Waals surface area contributed by atoms with E-state index in [1.807, 2.05) is 0 Å². The fourth-order valence-corrected chi connectivity index (χ4v) is 2.65. The molecule has 0 unspecified atom stereocenters. The van der Waals surface area contributed by atoms with Crippen molar-refractivity contribution in [2.75, 3.05) is 0 Å². The van der Waals surface area contributed by atoms with Gasteiger partial charge in [-0.05, 0) is 24.3 Å². The Morgan fingerprint density at radius 3 is 2.79 bits per heavy atom. The zero-order valence-corrected chi connectivity index (χ0v) is 13.7. The predicted octanol–water partition coefficient (Wildman–Crippen LogP) is 4.19. The van der Waals surface area contributed by atoms with Crippen molar-refractivity contribution < 1.29 is 17.9 Å². The lowest BCUT2D eigenvalue weighted by Gasteiger charge is -2.04. The summed E-state index contributed by atoms with van der Waals surface area (Å²) in [6, 6.07) is 6.85. The van der Waals surface area contributed by atoms with Crippen molar-refractivity contribution in [3.63, 3.8) is 0 Å². The summed E-state index contributed by atoms with van der Waals surface area (Å²) in [5, 5.41) is 8.55. The number of hydrogen-bond donors (Lipinski definition) is 0. The molecule has 3 aromatic rings. The summed E-state index contributed by atoms with van der Waals surface area (Å²) in [7, 11) is 0. The third-order valence-electron chi connectivity index (χ3n) is 2.91. The number of thioether (sulfide) groups is 1. The fraction of sp³-hybridized carbons (Fsp3) is 0.214. The number of imidazole rings is 1. The fourth-order valence-electron chi connectivity index (χ4n) is 1.79. The highest BCUT2D eigenvalue weighted by molar-refractivity contribution is 7.98. The minimum Gasteiger partial charge on any atom is -0.484 e. The molecular formula is C14H11ClF2N4O2S. The molecule has 0 atom stereocenters. The minimum atomic E-state index is -2.63. The van der Waals surface area contributed by atoms with Crippen LogP contribution in [0.15, 0.2) is 46.3 Å². The highest BCUT2D eigenvalue weighted by atomic mass is 35.5. The molecule has 0 bridgehead atoms. The lowest BCUT2D eigenvalue weighted by atomic mass is 10.3. The molecule has 10 heteroatoms. The zero-order valence-electron chi connectivity index (χ0n) is 12.1. The van der Waals surface area contributed by atoms with Gasteiger partial charge in [-0.2, -0.15) is 8.78 Å². The molecule has 0 aliphatic heterocycles. The number of aromatic nitrogens is 4. The number of rotatable bonds is 7. The zero-order chi connectivity index (χ0) is 16.9. The molecule has 0 radical (unpaired) electrons. The lowest BCUT2D eigenvalue weighted by molar-refractivity contribution is 0.0678. The van der Waals surface area contributed by atoms with Crippen LogP contribution in [0.3, 0.4) is 0 Å². The van der Waals surface area contributed by atoms with Crippen LogP contribution < -0.4 is 4.74 Å². The van der Waals surface area contributed by atoms with Crippen LogP contribution in [0, 0.1) is 0 Å². The molecule has 2 aromatic heterocycles. The number of hydrogen-bond acceptors (Lipinski definition) is 6. The average Bonchev–Trinajstić information content (AvgIpc) is 3.21. The van der Waals surface area contributed by atoms with Crippen molar-refractivity contribution in [2.24, 2.45) is 0 Å². The van der Waals surface area contributed by atoms with Crippen molar-refractivity contribution in [1.29, 1.82) is 0 Å². The van der Waals surface area contributed by atoms with Gasteiger partial charge >= 0.3 is 6.55 Å². The smallest absolute Gasteiger partial charge is 0.319 e. The molecule has 0 N–H and O–H groups in total. The number of benzene rings is 1. The van der Waals surface area contributed by atoms with E-state index in [-0.39, 0.29) is 29.3 Å². The first kappa shape index (κ1) is 16.7. The number of nitrogens with zero attached hydrogens (tertiary/aromatic N) is 4. The van der Waals surface area contributed by atoms with Crippen molar-refractivity contribution >= 4 is 23.4 Å². The lowest BCUT2D eigenvalue weighted by Crippen LogP contribution is -2.01. The van der Waals surface area contributed by atoms with Gasteiger partial charge in [-0.3, -0.25) is 4.57 Å². The molecule has 0 amide bonds. The summed E-state index contributed by atoms with van der Waals surface area (Å²) in [6.45, 7) is -2.53. The summed E-state index contributed by atoms with van der Waals surface area (Å²) < 4.78 is 37.1. The Hall–Kier alpha value is -2.13. The van der Waals surface area contributed by atoms with Crippen LogP contribution in [0.25, 0.3) is 0 Å². The van der Waals surface area contributed by atoms with Gasteiger partial charge in [-0.25, -0.2) is 4.98 Å². The molecule has 0 aliphatic rings. The quantitative estimate of drug-likeness (QED) is 0.579. The Morgan fingerprint density at radius 1 is 1.25 bits per heavy atom. The summed E-state index contributed by atoms with van der Waals surface area (Å²) >= 11 is 6.91. The molecule has 0 spiro atoms. The highest BCUT2D eigenvalue weighted by Gasteiger charge is 2.14. The normalized spacial score (nSPS) is 11.2. The van der Waals surface area contributed by atoms with Crippen LogP contribution in [0.5, 0.6) is 5.75 Å². The van der Waals surface area contributed by atoms with Gasteiger partial charge in [-0.15, -0.1) is 10.2 Å². The standard InChI is InChI=1S/C14H11ClF2N4O2S/c15-9-1-3-10(4-2-9)22-7-12-19-20-14(23-12)24-8-11-18-5-6-21(11)13(16)17/h1-6,13H,7-8H2. The Balaban J connectivity index is 1.53. The van der Waals surface area contributed by atoms with E-state index in [1.165, 1.54) is 12.4 Å². The van der Waals surface area contributed by atoms with Gasteiger partial charge in [0, 0.05) is 17.4 Å². The van der Waals surface area contributed by atoms with E-state index in [9.17, 15) is 8.78 Å². The molecule has 0 fully saturated rings. The molecule has 0 saturated heterocycles. The molecule has 0 saturated carbocycles. The van der Waals surface area contributed by atoms with Gasteiger partial charge in [0.05, 0.1) is 5.75 Å². The van der Waals surface area contributed by atoms with E-state index in [1.54, 1.807) is 24.3 Å². The number of ether oxygens (including phenoxy) is 1. The maximum atomic E-state index is 12.7. The Labute approximate surface area is 144 Å². The molecule has 3 rings (SSSR count). The molecule has 24 heavy (non-hydrogen) atoms. The molecule has 1 aromatic carbocycles. The molecule has 2 heterocycles. The first-order valence-electron chi connectivity index (χ1n) is 6.75. The molecule has 126 valence electrons. The van der Waals surface area contributed by atoms with Gasteiger partial charge in [0.15, 0.2) is 6.61 Å². The summed E-state index contributed by atoms with van der Waals surface area (Å²) in [5.41, 5.74) is 0. The Morgan fingerprint density at radius 2 is 2.04 bits per heavy atom. The van der Waals surface area contributed by atoms with Crippen LogP contribution in [0.4, 0.5) is 8.78 Å². The van der Waals surface area contributed by atoms with Gasteiger partial charge in [0.1, 0.15) is 11.6 Å². The van der Waals surface area contributed by atoms with E-state index in [4.69, 9.17) is 20.8 Å². The number of halogens is 3. The summed E-state index contributed by atoms with van der Waals surface area (Å²) in [4.78, 5) is 3.88. The topological polar surface area (TPSA) is 66.0 Å². The molecule has 0 aliphatic carbocycles. The van der Waals surface area contributed by atoms with Gasteiger partial charge in [0.25, 0.3) is 11.1 Å². The van der Waals surface area contributed by atoms with Crippen LogP contribution in [-0.2, 0) is 12.4 Å². The van der Waals surface area contributed by atoms with Gasteiger partial charge in [-0.1, -0.05) is 23.4 Å². The van der Waals surface area contributed by atoms with Crippen LogP contribution in [0.1, 0.15) is 18.3 Å². The predicted molar refractivity (Wildman–Crippen MR) is 83.1 cm³/mol. The monoisotopic (exact) mass is 372 g/mol. The Kier molecular flexibility index (Phi) is 5.31. The van der Waals surface area contributed by atoms with Gasteiger partial charge < -0.3 is 9.15 Å². The maximum absolute atomic E-state index is 12.7. The molecule has 6 nitrogen and oxygen atoms in total. The summed E-state index contributed by atoms with van der Waals surface area (Å²) in [5.74, 6) is 1.32. The van der Waals surface area contributed by atoms with Gasteiger partial charge in [0.2, 0.25) is 0 Å². The van der Waals surface area contributed by atoms with Crippen molar-refractivity contribution in [3.05, 3.63) is 53.4 Å². The van der Waals surface area contributed by atoms with E-state index in [2.05, 4.69) is 15.2 Å². The van der Waals surface area contributed by atoms with Crippen molar-refractivity contribution in [1.82, 2.24) is 19.7 Å². The first-order valence-corrected chi connectivity index (χ1v) is 8.11. The third kappa shape index (κ3) is 4.24. The first-order chi connectivity index (χ1) is 11.6. The second-order valence-electron chi connectivity index (χ2n) is 4.52. The van der Waals surface area contributed by atoms with E-state index in [0.717, 1.165) is 16.3 Å². The highest BCUT2D eigenvalue weighted by Crippen LogP contribution is 2.23.